The zero-order valence-electron chi connectivity index (χ0n) is 26.8. The molecule has 4 rings (SSSR count). The van der Waals surface area contributed by atoms with Crippen LogP contribution < -0.4 is 15.0 Å². The van der Waals surface area contributed by atoms with Gasteiger partial charge in [0.1, 0.15) is 12.4 Å². The van der Waals surface area contributed by atoms with Gasteiger partial charge in [-0.3, -0.25) is 4.90 Å². The van der Waals surface area contributed by atoms with Crippen molar-refractivity contribution in [3.63, 3.8) is 0 Å². The Morgan fingerprint density at radius 1 is 1.14 bits per heavy atom. The smallest absolute Gasteiger partial charge is 0.318 e. The summed E-state index contributed by atoms with van der Waals surface area (Å²) in [6.45, 7) is 17.6. The van der Waals surface area contributed by atoms with Gasteiger partial charge in [-0.05, 0) is 56.8 Å². The predicted octanol–water partition coefficient (Wildman–Crippen LogP) is 7.24. The van der Waals surface area contributed by atoms with Crippen LogP contribution in [-0.4, -0.2) is 66.3 Å². The monoisotopic (exact) mass is 616 g/mol. The number of rotatable bonds is 12. The molecule has 0 bridgehead atoms. The van der Waals surface area contributed by atoms with Crippen molar-refractivity contribution in [2.45, 2.75) is 104 Å². The number of halogens is 1. The number of aryl methyl sites for hydroxylation is 1. The molecular formula is C33H54ClN6OP. The maximum atomic E-state index is 9.29. The lowest BCUT2D eigenvalue weighted by Crippen LogP contribution is -2.51. The first-order chi connectivity index (χ1) is 20.5. The van der Waals surface area contributed by atoms with Crippen LogP contribution in [0.1, 0.15) is 96.1 Å². The first-order valence-corrected chi connectivity index (χ1v) is 17.2. The Kier molecular flexibility index (Phi) is 17.3. The molecule has 1 aromatic heterocycles. The van der Waals surface area contributed by atoms with Crippen molar-refractivity contribution in [1.29, 1.82) is 5.26 Å². The Labute approximate surface area is 263 Å². The molecule has 0 saturated carbocycles. The molecule has 9 heteroatoms. The number of hydrogen-bond acceptors (Lipinski definition) is 7. The Morgan fingerprint density at radius 2 is 1.90 bits per heavy atom. The predicted molar refractivity (Wildman–Crippen MR) is 181 cm³/mol. The Balaban J connectivity index is 0.00000148. The van der Waals surface area contributed by atoms with Gasteiger partial charge in [0.05, 0.1) is 18.2 Å². The van der Waals surface area contributed by atoms with E-state index in [2.05, 4.69) is 50.3 Å². The van der Waals surface area contributed by atoms with E-state index in [0.29, 0.717) is 25.1 Å². The molecule has 2 saturated heterocycles. The van der Waals surface area contributed by atoms with Crippen LogP contribution in [0.4, 0.5) is 5.82 Å². The van der Waals surface area contributed by atoms with Gasteiger partial charge in [0.25, 0.3) is 0 Å². The van der Waals surface area contributed by atoms with E-state index in [0.717, 1.165) is 86.9 Å². The second kappa shape index (κ2) is 20.1. The molecule has 2 aliphatic heterocycles. The van der Waals surface area contributed by atoms with Crippen LogP contribution >= 0.6 is 20.8 Å². The highest BCUT2D eigenvalue weighted by molar-refractivity contribution is 7.17. The minimum absolute atomic E-state index is 0.134. The molecule has 0 spiro atoms. The normalized spacial score (nSPS) is 19.2. The molecule has 1 N–H and O–H groups in total. The summed E-state index contributed by atoms with van der Waals surface area (Å²) in [7, 11) is 3.03. The van der Waals surface area contributed by atoms with Crippen molar-refractivity contribution in [2.75, 3.05) is 44.2 Å². The number of likely N-dealkylation sites (tertiary alicyclic amines) is 1. The van der Waals surface area contributed by atoms with E-state index >= 15 is 0 Å². The largest absolute Gasteiger partial charge is 0.462 e. The van der Waals surface area contributed by atoms with Crippen LogP contribution in [0.5, 0.6) is 6.01 Å². The lowest BCUT2D eigenvalue weighted by Gasteiger charge is -2.35. The number of hydrogen-bond donors (Lipinski definition) is 1. The summed E-state index contributed by atoms with van der Waals surface area (Å²) in [6.07, 6.45) is 6.55. The maximum Gasteiger partial charge on any atom is 0.318 e. The molecule has 42 heavy (non-hydrogen) atoms. The molecule has 2 aliphatic rings. The third kappa shape index (κ3) is 10.3. The molecule has 0 radical (unpaired) electrons. The molecular weight excluding hydrogens is 563 g/mol. The van der Waals surface area contributed by atoms with Crippen molar-refractivity contribution in [3.8, 4) is 12.1 Å². The van der Waals surface area contributed by atoms with Crippen LogP contribution in [0, 0.1) is 11.3 Å². The van der Waals surface area contributed by atoms with Crippen molar-refractivity contribution < 1.29 is 4.74 Å². The molecule has 4 atom stereocenters. The summed E-state index contributed by atoms with van der Waals surface area (Å²) < 4.78 is 6.34. The van der Waals surface area contributed by atoms with E-state index in [9.17, 15) is 5.26 Å². The molecule has 2 fully saturated rings. The van der Waals surface area contributed by atoms with Crippen molar-refractivity contribution >= 4 is 26.7 Å². The SMILES string of the molecule is CC.CC.CCCc1c(C(P)CCc2ccccc2Cl)nc(OCC2CCCN2CC)nc1N1CCNC(CC#N)C1. The first kappa shape index (κ1) is 36.2. The molecule has 3 heterocycles. The number of nitrogens with zero attached hydrogens (tertiary/aromatic N) is 5. The number of aromatic nitrogens is 2. The van der Waals surface area contributed by atoms with E-state index in [4.69, 9.17) is 26.3 Å². The zero-order valence-corrected chi connectivity index (χ0v) is 28.7. The van der Waals surface area contributed by atoms with Gasteiger partial charge in [0.15, 0.2) is 0 Å². The van der Waals surface area contributed by atoms with Gasteiger partial charge in [0.2, 0.25) is 0 Å². The topological polar surface area (TPSA) is 77.3 Å². The van der Waals surface area contributed by atoms with E-state index in [-0.39, 0.29) is 11.7 Å². The third-order valence-electron chi connectivity index (χ3n) is 7.73. The summed E-state index contributed by atoms with van der Waals surface area (Å²) in [6, 6.07) is 11.4. The molecule has 2 aromatic rings. The highest BCUT2D eigenvalue weighted by atomic mass is 35.5. The molecule has 7 nitrogen and oxygen atoms in total. The van der Waals surface area contributed by atoms with E-state index in [1.807, 2.05) is 45.9 Å². The lowest BCUT2D eigenvalue weighted by atomic mass is 10.0. The number of nitriles is 1. The Morgan fingerprint density at radius 3 is 2.60 bits per heavy atom. The van der Waals surface area contributed by atoms with Gasteiger partial charge in [-0.15, -0.1) is 9.24 Å². The number of anilines is 1. The highest BCUT2D eigenvalue weighted by Gasteiger charge is 2.28. The van der Waals surface area contributed by atoms with E-state index in [1.165, 1.54) is 12.0 Å². The molecule has 0 amide bonds. The minimum Gasteiger partial charge on any atom is -0.462 e. The lowest BCUT2D eigenvalue weighted by molar-refractivity contribution is 0.170. The highest BCUT2D eigenvalue weighted by Crippen LogP contribution is 2.36. The van der Waals surface area contributed by atoms with Gasteiger partial charge in [-0.1, -0.05) is 77.8 Å². The third-order valence-corrected chi connectivity index (χ3v) is 8.75. The average molecular weight is 617 g/mol. The average Bonchev–Trinajstić information content (AvgIpc) is 3.50. The molecule has 4 unspecified atom stereocenters. The van der Waals surface area contributed by atoms with Gasteiger partial charge in [0, 0.05) is 48.0 Å². The summed E-state index contributed by atoms with van der Waals surface area (Å²) >= 11 is 6.46. The fourth-order valence-corrected chi connectivity index (χ4v) is 6.35. The van der Waals surface area contributed by atoms with Crippen LogP contribution in [-0.2, 0) is 12.8 Å². The maximum absolute atomic E-state index is 9.29. The summed E-state index contributed by atoms with van der Waals surface area (Å²) in [5.41, 5.74) is 3.56. The fraction of sp³-hybridized carbons (Fsp3) is 0.667. The standard InChI is InChI=1S/C29H42ClN6OP.2C2H6/c1-3-8-24-27(26(38)13-12-21-9-5-6-11-25(21)30)33-29(37-20-23-10-7-17-35(23)4-2)34-28(24)36-18-16-32-22(19-36)14-15-31;2*1-2/h5-6,9,11,22-23,26,32H,3-4,7-8,10,12-14,16-20,38H2,1-2H3;2*1-2H3. The number of benzene rings is 1. The Hall–Kier alpha value is -1.97. The van der Waals surface area contributed by atoms with Gasteiger partial charge < -0.3 is 15.0 Å². The minimum atomic E-state index is 0.134. The fourth-order valence-electron chi connectivity index (χ4n) is 5.68. The van der Waals surface area contributed by atoms with Gasteiger partial charge in [-0.25, -0.2) is 0 Å². The van der Waals surface area contributed by atoms with Crippen LogP contribution in [0.3, 0.4) is 0 Å². The number of ether oxygens (including phenoxy) is 1. The van der Waals surface area contributed by atoms with E-state index < -0.39 is 0 Å². The molecule has 234 valence electrons. The molecule has 1 aromatic carbocycles. The second-order valence-corrected chi connectivity index (χ2v) is 11.6. The van der Waals surface area contributed by atoms with Crippen molar-refractivity contribution in [2.24, 2.45) is 0 Å². The van der Waals surface area contributed by atoms with Crippen molar-refractivity contribution in [1.82, 2.24) is 20.2 Å². The zero-order chi connectivity index (χ0) is 30.9. The number of piperazine rings is 1. The first-order valence-electron chi connectivity index (χ1n) is 16.2. The van der Waals surface area contributed by atoms with Gasteiger partial charge in [-0.2, -0.15) is 15.2 Å². The number of likely N-dealkylation sites (N-methyl/N-ethyl adjacent to an activating group) is 1. The summed E-state index contributed by atoms with van der Waals surface area (Å²) in [4.78, 5) is 14.9. The van der Waals surface area contributed by atoms with E-state index in [1.54, 1.807) is 0 Å². The van der Waals surface area contributed by atoms with Gasteiger partial charge >= 0.3 is 6.01 Å². The second-order valence-electron chi connectivity index (χ2n) is 10.4. The summed E-state index contributed by atoms with van der Waals surface area (Å²) in [5.74, 6) is 0.972. The number of nitrogens with one attached hydrogen (secondary N) is 1. The van der Waals surface area contributed by atoms with Crippen LogP contribution in [0.25, 0.3) is 0 Å². The quantitative estimate of drug-likeness (QED) is 0.252. The van der Waals surface area contributed by atoms with Crippen LogP contribution in [0.2, 0.25) is 5.02 Å². The van der Waals surface area contributed by atoms with Crippen molar-refractivity contribution in [3.05, 3.63) is 46.1 Å². The molecule has 0 aliphatic carbocycles. The summed E-state index contributed by atoms with van der Waals surface area (Å²) in [5, 5.41) is 13.6. The Bertz CT molecular complexity index is 1100. The van der Waals surface area contributed by atoms with Crippen LogP contribution in [0.15, 0.2) is 24.3 Å².